The molecule has 0 saturated heterocycles. The number of nitriles is 2. The van der Waals surface area contributed by atoms with Crippen LogP contribution in [0.5, 0.6) is 0 Å². The van der Waals surface area contributed by atoms with Gasteiger partial charge in [-0.3, -0.25) is 4.57 Å². The van der Waals surface area contributed by atoms with Gasteiger partial charge in [0.25, 0.3) is 0 Å². The first-order chi connectivity index (χ1) is 28.2. The molecule has 0 spiro atoms. The Kier molecular flexibility index (Phi) is 6.53. The van der Waals surface area contributed by atoms with Crippen LogP contribution in [0.25, 0.3) is 71.8 Å². The van der Waals surface area contributed by atoms with Crippen LogP contribution >= 0.6 is 0 Å². The van der Waals surface area contributed by atoms with Crippen molar-refractivity contribution in [2.45, 2.75) is 11.8 Å². The minimum Gasteiger partial charge on any atom is -0.278 e. The zero-order chi connectivity index (χ0) is 37.8. The third kappa shape index (κ3) is 4.43. The van der Waals surface area contributed by atoms with E-state index in [1.807, 2.05) is 30.3 Å². The van der Waals surface area contributed by atoms with Crippen LogP contribution in [0, 0.1) is 22.7 Å². The molecule has 0 aliphatic heterocycles. The number of benzene rings is 8. The van der Waals surface area contributed by atoms with Gasteiger partial charge >= 0.3 is 0 Å². The van der Waals surface area contributed by atoms with Crippen LogP contribution in [-0.2, 0) is 0 Å². The van der Waals surface area contributed by atoms with Crippen molar-refractivity contribution in [3.63, 3.8) is 0 Å². The van der Waals surface area contributed by atoms with Crippen LogP contribution in [0.3, 0.4) is 0 Å². The van der Waals surface area contributed by atoms with Gasteiger partial charge in [0.05, 0.1) is 45.5 Å². The van der Waals surface area contributed by atoms with Crippen LogP contribution in [0.4, 0.5) is 0 Å². The highest BCUT2D eigenvalue weighted by molar-refractivity contribution is 6.12. The Bertz CT molecular complexity index is 3390. The lowest BCUT2D eigenvalue weighted by atomic mass is 9.59. The number of rotatable bonds is 3. The van der Waals surface area contributed by atoms with Crippen molar-refractivity contribution in [2.24, 2.45) is 0 Å². The quantitative estimate of drug-likeness (QED) is 0.170. The first-order valence-electron chi connectivity index (χ1n) is 19.2. The molecule has 2 bridgehead atoms. The van der Waals surface area contributed by atoms with E-state index in [-0.39, 0.29) is 11.8 Å². The largest absolute Gasteiger partial charge is 0.278 e. The first kappa shape index (κ1) is 31.5. The Morgan fingerprint density at radius 1 is 0.456 bits per heavy atom. The SMILES string of the molecule is N#Cc1ccc2c(c1)C1c3cc(C#N)ccc3C2c2c(-c3ccc4c(c3)c3ccccc3n4-c3nc(-c4ccccc4)c4ccc5ccccc5c4n3)cccc21. The molecule has 0 unspecified atom stereocenters. The summed E-state index contributed by atoms with van der Waals surface area (Å²) in [6, 6.07) is 62.1. The van der Waals surface area contributed by atoms with Crippen molar-refractivity contribution in [3.05, 3.63) is 208 Å². The molecule has 8 aromatic carbocycles. The smallest absolute Gasteiger partial charge is 0.235 e. The fourth-order valence-corrected chi connectivity index (χ4v) is 9.83. The Morgan fingerprint density at radius 2 is 1.16 bits per heavy atom. The molecule has 57 heavy (non-hydrogen) atoms. The van der Waals surface area contributed by atoms with E-state index in [1.165, 1.54) is 27.8 Å². The van der Waals surface area contributed by atoms with Gasteiger partial charge in [-0.05, 0) is 98.4 Å². The molecule has 0 atom stereocenters. The Balaban J connectivity index is 1.09. The standard InChI is InChI=1S/C52H29N5/c53-28-30-17-21-38-43(25-30)47-40-15-8-14-35(48(40)49(38)39-22-18-31(29-54)26-44(39)47)34-20-24-46-42(27-34)37-13-6-7-16-45(37)57(46)52-55-50(33-10-2-1-3-11-33)41-23-19-32-9-4-5-12-36(32)51(41)56-52/h1-27,47,49H. The average molecular weight is 724 g/mol. The van der Waals surface area contributed by atoms with Gasteiger partial charge < -0.3 is 0 Å². The van der Waals surface area contributed by atoms with E-state index >= 15 is 0 Å². The van der Waals surface area contributed by atoms with Crippen LogP contribution in [-0.4, -0.2) is 14.5 Å². The van der Waals surface area contributed by atoms with Gasteiger partial charge in [-0.1, -0.05) is 115 Å². The van der Waals surface area contributed by atoms with E-state index in [4.69, 9.17) is 9.97 Å². The Hall–Kier alpha value is -7.86. The Morgan fingerprint density at radius 3 is 1.93 bits per heavy atom. The van der Waals surface area contributed by atoms with E-state index in [0.717, 1.165) is 71.4 Å². The monoisotopic (exact) mass is 723 g/mol. The maximum atomic E-state index is 9.86. The summed E-state index contributed by atoms with van der Waals surface area (Å²) >= 11 is 0. The number of hydrogen-bond acceptors (Lipinski definition) is 4. The summed E-state index contributed by atoms with van der Waals surface area (Å²) < 4.78 is 2.22. The lowest BCUT2D eigenvalue weighted by Crippen LogP contribution is -2.28. The summed E-state index contributed by atoms with van der Waals surface area (Å²) in [6.45, 7) is 0. The lowest BCUT2D eigenvalue weighted by Gasteiger charge is -2.43. The molecule has 5 heteroatoms. The third-order valence-corrected chi connectivity index (χ3v) is 12.2. The Labute approximate surface area is 328 Å². The number of fused-ring (bicyclic) bond motifs is 6. The summed E-state index contributed by atoms with van der Waals surface area (Å²) in [4.78, 5) is 10.7. The second kappa shape index (κ2) is 11.8. The summed E-state index contributed by atoms with van der Waals surface area (Å²) in [6.07, 6.45) is 0. The minimum atomic E-state index is -0.0675. The van der Waals surface area contributed by atoms with Crippen LogP contribution in [0.1, 0.15) is 56.3 Å². The van der Waals surface area contributed by atoms with Crippen molar-refractivity contribution < 1.29 is 0 Å². The van der Waals surface area contributed by atoms with E-state index < -0.39 is 0 Å². The topological polar surface area (TPSA) is 78.3 Å². The zero-order valence-electron chi connectivity index (χ0n) is 30.5. The highest BCUT2D eigenvalue weighted by atomic mass is 15.2. The molecule has 5 nitrogen and oxygen atoms in total. The molecule has 10 aromatic rings. The van der Waals surface area contributed by atoms with E-state index in [9.17, 15) is 10.5 Å². The lowest BCUT2D eigenvalue weighted by molar-refractivity contribution is 0.755. The number of aromatic nitrogens is 3. The van der Waals surface area contributed by atoms with Gasteiger partial charge in [0, 0.05) is 38.9 Å². The third-order valence-electron chi connectivity index (χ3n) is 12.2. The van der Waals surface area contributed by atoms with E-state index in [1.54, 1.807) is 0 Å². The summed E-state index contributed by atoms with van der Waals surface area (Å²) in [7, 11) is 0. The minimum absolute atomic E-state index is 0.0269. The molecule has 0 saturated carbocycles. The molecular weight excluding hydrogens is 695 g/mol. The van der Waals surface area contributed by atoms with Crippen molar-refractivity contribution in [3.8, 4) is 40.5 Å². The zero-order valence-corrected chi connectivity index (χ0v) is 30.5. The van der Waals surface area contributed by atoms with Crippen molar-refractivity contribution in [1.29, 1.82) is 10.5 Å². The molecule has 3 aliphatic rings. The number of hydrogen-bond donors (Lipinski definition) is 0. The normalized spacial score (nSPS) is 15.0. The fraction of sp³-hybridized carbons (Fsp3) is 0.0385. The highest BCUT2D eigenvalue weighted by Gasteiger charge is 2.43. The van der Waals surface area contributed by atoms with Gasteiger partial charge in [-0.25, -0.2) is 9.97 Å². The maximum absolute atomic E-state index is 9.86. The van der Waals surface area contributed by atoms with Crippen LogP contribution < -0.4 is 0 Å². The summed E-state index contributed by atoms with van der Waals surface area (Å²) in [5, 5.41) is 25.2. The predicted octanol–water partition coefficient (Wildman–Crippen LogP) is 11.9. The molecule has 0 N–H and O–H groups in total. The maximum Gasteiger partial charge on any atom is 0.235 e. The molecule has 0 fully saturated rings. The van der Waals surface area contributed by atoms with Crippen molar-refractivity contribution >= 4 is 43.5 Å². The second-order valence-corrected chi connectivity index (χ2v) is 15.1. The molecule has 262 valence electrons. The van der Waals surface area contributed by atoms with Gasteiger partial charge in [0.2, 0.25) is 5.95 Å². The number of para-hydroxylation sites is 1. The molecular formula is C52H29N5. The predicted molar refractivity (Wildman–Crippen MR) is 226 cm³/mol. The molecule has 0 amide bonds. The molecule has 3 aliphatic carbocycles. The first-order valence-corrected chi connectivity index (χ1v) is 19.2. The van der Waals surface area contributed by atoms with E-state index in [2.05, 4.69) is 150 Å². The summed E-state index contributed by atoms with van der Waals surface area (Å²) in [5.74, 6) is 0.538. The van der Waals surface area contributed by atoms with Gasteiger partial charge in [-0.2, -0.15) is 10.5 Å². The molecule has 0 radical (unpaired) electrons. The van der Waals surface area contributed by atoms with Gasteiger partial charge in [-0.15, -0.1) is 0 Å². The van der Waals surface area contributed by atoms with Gasteiger partial charge in [0.15, 0.2) is 0 Å². The average Bonchev–Trinajstić information content (AvgIpc) is 3.61. The molecule has 2 aromatic heterocycles. The van der Waals surface area contributed by atoms with Crippen molar-refractivity contribution in [2.75, 3.05) is 0 Å². The molecule has 2 heterocycles. The van der Waals surface area contributed by atoms with Gasteiger partial charge in [0.1, 0.15) is 0 Å². The second-order valence-electron chi connectivity index (χ2n) is 15.1. The molecule has 13 rings (SSSR count). The van der Waals surface area contributed by atoms with Crippen LogP contribution in [0.15, 0.2) is 164 Å². The van der Waals surface area contributed by atoms with Crippen LogP contribution in [0.2, 0.25) is 0 Å². The van der Waals surface area contributed by atoms with E-state index in [0.29, 0.717) is 17.1 Å². The van der Waals surface area contributed by atoms with Crippen molar-refractivity contribution in [1.82, 2.24) is 14.5 Å². The highest BCUT2D eigenvalue weighted by Crippen LogP contribution is 2.58. The summed E-state index contributed by atoms with van der Waals surface area (Å²) in [5.41, 5.74) is 15.9. The fourth-order valence-electron chi connectivity index (χ4n) is 9.83. The number of nitrogens with zero attached hydrogens (tertiary/aromatic N) is 5.